The summed E-state index contributed by atoms with van der Waals surface area (Å²) in [6.07, 6.45) is 0. The standard InChI is InChI=1S/C15H24N2OSi/c1-14(2,3)15(4,18-19(5,6)7)13-10-8-9-12(11-16)17-13/h8-10H,1-7H3. The molecule has 0 radical (unpaired) electrons. The van der Waals surface area contributed by atoms with Gasteiger partial charge in [0.25, 0.3) is 0 Å². The Bertz CT molecular complexity index is 494. The van der Waals surface area contributed by atoms with Crippen LogP contribution < -0.4 is 0 Å². The summed E-state index contributed by atoms with van der Waals surface area (Å²) in [6, 6.07) is 7.65. The molecule has 0 saturated heterocycles. The van der Waals surface area contributed by atoms with E-state index in [1.807, 2.05) is 12.1 Å². The summed E-state index contributed by atoms with van der Waals surface area (Å²) in [5, 5.41) is 9.02. The van der Waals surface area contributed by atoms with E-state index in [0.717, 1.165) is 5.69 Å². The van der Waals surface area contributed by atoms with E-state index in [1.165, 1.54) is 0 Å². The third kappa shape index (κ3) is 3.65. The Kier molecular flexibility index (Phi) is 4.23. The molecule has 104 valence electrons. The van der Waals surface area contributed by atoms with Crippen LogP contribution in [0.1, 0.15) is 39.1 Å². The first-order chi connectivity index (χ1) is 8.49. The Balaban J connectivity index is 3.36. The molecule has 1 heterocycles. The van der Waals surface area contributed by atoms with Gasteiger partial charge in [-0.1, -0.05) is 26.8 Å². The van der Waals surface area contributed by atoms with Crippen molar-refractivity contribution in [1.29, 1.82) is 5.26 Å². The maximum absolute atomic E-state index is 9.02. The van der Waals surface area contributed by atoms with Crippen molar-refractivity contribution in [1.82, 2.24) is 4.98 Å². The van der Waals surface area contributed by atoms with Crippen LogP contribution in [0.2, 0.25) is 19.6 Å². The van der Waals surface area contributed by atoms with Crippen molar-refractivity contribution in [3.05, 3.63) is 29.6 Å². The van der Waals surface area contributed by atoms with Gasteiger partial charge < -0.3 is 4.43 Å². The Morgan fingerprint density at radius 1 is 1.16 bits per heavy atom. The van der Waals surface area contributed by atoms with Gasteiger partial charge in [-0.2, -0.15) is 5.26 Å². The largest absolute Gasteiger partial charge is 0.406 e. The quantitative estimate of drug-likeness (QED) is 0.782. The topological polar surface area (TPSA) is 45.9 Å². The lowest BCUT2D eigenvalue weighted by Crippen LogP contribution is -2.47. The molecule has 0 spiro atoms. The zero-order chi connectivity index (χ0) is 14.9. The van der Waals surface area contributed by atoms with Crippen molar-refractivity contribution in [3.63, 3.8) is 0 Å². The highest BCUT2D eigenvalue weighted by atomic mass is 28.4. The van der Waals surface area contributed by atoms with Crippen LogP contribution in [-0.4, -0.2) is 13.3 Å². The molecule has 0 aliphatic carbocycles. The Hall–Kier alpha value is -1.18. The van der Waals surface area contributed by atoms with E-state index in [4.69, 9.17) is 9.69 Å². The Morgan fingerprint density at radius 3 is 2.16 bits per heavy atom. The lowest BCUT2D eigenvalue weighted by Gasteiger charge is -2.45. The molecule has 0 saturated carbocycles. The summed E-state index contributed by atoms with van der Waals surface area (Å²) in [6.45, 7) is 15.0. The van der Waals surface area contributed by atoms with Crippen LogP contribution in [0.4, 0.5) is 0 Å². The second kappa shape index (κ2) is 5.07. The fourth-order valence-corrected chi connectivity index (χ4v) is 3.60. The van der Waals surface area contributed by atoms with Gasteiger partial charge in [-0.05, 0) is 44.1 Å². The molecule has 3 nitrogen and oxygen atoms in total. The minimum absolute atomic E-state index is 0.103. The molecule has 0 aliphatic heterocycles. The van der Waals surface area contributed by atoms with Gasteiger partial charge in [0, 0.05) is 0 Å². The third-order valence-electron chi connectivity index (χ3n) is 3.29. The number of hydrogen-bond donors (Lipinski definition) is 0. The second-order valence-electron chi connectivity index (χ2n) is 7.02. The molecule has 1 aromatic heterocycles. The molecule has 1 atom stereocenters. The second-order valence-corrected chi connectivity index (χ2v) is 11.4. The minimum Gasteiger partial charge on any atom is -0.406 e. The molecule has 0 N–H and O–H groups in total. The number of rotatable bonds is 3. The maximum Gasteiger partial charge on any atom is 0.185 e. The molecule has 0 fully saturated rings. The fraction of sp³-hybridized carbons (Fsp3) is 0.600. The zero-order valence-corrected chi connectivity index (χ0v) is 14.0. The van der Waals surface area contributed by atoms with Crippen LogP contribution >= 0.6 is 0 Å². The normalized spacial score (nSPS) is 15.7. The van der Waals surface area contributed by atoms with Gasteiger partial charge in [-0.3, -0.25) is 0 Å². The fourth-order valence-electron chi connectivity index (χ4n) is 1.96. The minimum atomic E-state index is -1.74. The maximum atomic E-state index is 9.02. The molecule has 1 rings (SSSR count). The van der Waals surface area contributed by atoms with Gasteiger partial charge in [0.05, 0.1) is 5.69 Å². The predicted octanol–water partition coefficient (Wildman–Crippen LogP) is 4.07. The first-order valence-corrected chi connectivity index (χ1v) is 9.98. The number of hydrogen-bond acceptors (Lipinski definition) is 3. The van der Waals surface area contributed by atoms with E-state index in [1.54, 1.807) is 6.07 Å². The summed E-state index contributed by atoms with van der Waals surface area (Å²) >= 11 is 0. The van der Waals surface area contributed by atoms with E-state index in [9.17, 15) is 0 Å². The number of nitrogens with zero attached hydrogens (tertiary/aromatic N) is 2. The van der Waals surface area contributed by atoms with Gasteiger partial charge in [0.15, 0.2) is 8.32 Å². The van der Waals surface area contributed by atoms with Gasteiger partial charge >= 0.3 is 0 Å². The molecule has 0 bridgehead atoms. The van der Waals surface area contributed by atoms with Crippen LogP contribution in [0, 0.1) is 16.7 Å². The molecule has 0 aliphatic rings. The van der Waals surface area contributed by atoms with Gasteiger partial charge in [-0.15, -0.1) is 0 Å². The molecule has 0 aromatic carbocycles. The van der Waals surface area contributed by atoms with Crippen molar-refractivity contribution < 1.29 is 4.43 Å². The smallest absolute Gasteiger partial charge is 0.185 e. The van der Waals surface area contributed by atoms with Crippen molar-refractivity contribution in [2.45, 2.75) is 52.9 Å². The molecule has 4 heteroatoms. The lowest BCUT2D eigenvalue weighted by atomic mass is 9.75. The van der Waals surface area contributed by atoms with Crippen LogP contribution in [0.3, 0.4) is 0 Å². The van der Waals surface area contributed by atoms with Crippen molar-refractivity contribution in [3.8, 4) is 6.07 Å². The number of aromatic nitrogens is 1. The highest BCUT2D eigenvalue weighted by molar-refractivity contribution is 6.69. The van der Waals surface area contributed by atoms with Crippen LogP contribution in [0.25, 0.3) is 0 Å². The van der Waals surface area contributed by atoms with Crippen molar-refractivity contribution in [2.24, 2.45) is 5.41 Å². The molecule has 1 aromatic rings. The summed E-state index contributed by atoms with van der Waals surface area (Å²) in [4.78, 5) is 4.45. The number of nitriles is 1. The monoisotopic (exact) mass is 276 g/mol. The first kappa shape index (κ1) is 15.9. The highest BCUT2D eigenvalue weighted by Crippen LogP contribution is 2.43. The molecular formula is C15H24N2OSi. The molecular weight excluding hydrogens is 252 g/mol. The van der Waals surface area contributed by atoms with Crippen molar-refractivity contribution in [2.75, 3.05) is 0 Å². The van der Waals surface area contributed by atoms with E-state index in [0.29, 0.717) is 5.69 Å². The van der Waals surface area contributed by atoms with E-state index >= 15 is 0 Å². The van der Waals surface area contributed by atoms with Crippen LogP contribution in [-0.2, 0) is 10.0 Å². The van der Waals surface area contributed by atoms with E-state index in [-0.39, 0.29) is 5.41 Å². The Morgan fingerprint density at radius 2 is 1.74 bits per heavy atom. The van der Waals surface area contributed by atoms with Crippen molar-refractivity contribution >= 4 is 8.32 Å². The van der Waals surface area contributed by atoms with Crippen LogP contribution in [0.15, 0.2) is 18.2 Å². The van der Waals surface area contributed by atoms with E-state index < -0.39 is 13.9 Å². The average molecular weight is 276 g/mol. The van der Waals surface area contributed by atoms with Crippen LogP contribution in [0.5, 0.6) is 0 Å². The summed E-state index contributed by atoms with van der Waals surface area (Å²) in [7, 11) is -1.74. The van der Waals surface area contributed by atoms with E-state index in [2.05, 4.69) is 58.4 Å². The van der Waals surface area contributed by atoms with Gasteiger partial charge in [-0.25, -0.2) is 4.98 Å². The van der Waals surface area contributed by atoms with Gasteiger partial charge in [0.1, 0.15) is 17.4 Å². The summed E-state index contributed by atoms with van der Waals surface area (Å²) in [5.74, 6) is 0. The number of pyridine rings is 1. The third-order valence-corrected chi connectivity index (χ3v) is 4.31. The zero-order valence-electron chi connectivity index (χ0n) is 13.0. The van der Waals surface area contributed by atoms with Gasteiger partial charge in [0.2, 0.25) is 0 Å². The SMILES string of the molecule is CC(C)(C)C(C)(O[Si](C)(C)C)c1cccc(C#N)n1. The average Bonchev–Trinajstić information content (AvgIpc) is 2.25. The molecule has 0 amide bonds. The molecule has 19 heavy (non-hydrogen) atoms. The summed E-state index contributed by atoms with van der Waals surface area (Å²) in [5.41, 5.74) is 0.673. The summed E-state index contributed by atoms with van der Waals surface area (Å²) < 4.78 is 6.44. The molecule has 1 unspecified atom stereocenters. The first-order valence-electron chi connectivity index (χ1n) is 6.57. The predicted molar refractivity (Wildman–Crippen MR) is 80.2 cm³/mol. The lowest BCUT2D eigenvalue weighted by molar-refractivity contribution is -0.0328. The highest BCUT2D eigenvalue weighted by Gasteiger charge is 2.44. The Labute approximate surface area is 117 Å².